The fourth-order valence-electron chi connectivity index (χ4n) is 3.24. The zero-order valence-corrected chi connectivity index (χ0v) is 16.4. The number of hydrogen-bond acceptors (Lipinski definition) is 5. The summed E-state index contributed by atoms with van der Waals surface area (Å²) < 4.78 is 0. The second kappa shape index (κ2) is 9.10. The molecular formula is C20H26N4O2S. The Hall–Kier alpha value is -2.25. The molecule has 1 aliphatic heterocycles. The Balaban J connectivity index is 1.58. The van der Waals surface area contributed by atoms with Crippen molar-refractivity contribution in [3.05, 3.63) is 40.9 Å². The van der Waals surface area contributed by atoms with Crippen LogP contribution in [0.3, 0.4) is 0 Å². The fourth-order valence-corrected chi connectivity index (χ4v) is 4.07. The molecule has 3 N–H and O–H groups in total. The number of aromatic nitrogens is 1. The van der Waals surface area contributed by atoms with Crippen LogP contribution in [0.4, 0.5) is 0 Å². The Labute approximate surface area is 163 Å². The molecule has 144 valence electrons. The van der Waals surface area contributed by atoms with Crippen LogP contribution in [0.2, 0.25) is 0 Å². The van der Waals surface area contributed by atoms with Crippen molar-refractivity contribution < 1.29 is 9.59 Å². The number of nitrogens with zero attached hydrogens (tertiary/aromatic N) is 2. The third-order valence-electron chi connectivity index (χ3n) is 4.77. The van der Waals surface area contributed by atoms with Gasteiger partial charge >= 0.3 is 0 Å². The van der Waals surface area contributed by atoms with Crippen LogP contribution in [0, 0.1) is 12.8 Å². The van der Waals surface area contributed by atoms with E-state index in [1.807, 2.05) is 5.38 Å². The lowest BCUT2D eigenvalue weighted by Crippen LogP contribution is -2.46. The maximum Gasteiger partial charge on any atom is 0.228 e. The first-order valence-corrected chi connectivity index (χ1v) is 10.2. The average Bonchev–Trinajstić information content (AvgIpc) is 3.15. The van der Waals surface area contributed by atoms with E-state index in [0.29, 0.717) is 26.2 Å². The first kappa shape index (κ1) is 19.5. The SMILES string of the molecule is Cc1ccc(-c2nc(CC(=O)N3CCCC(C(=O)NCCN)C3)cs2)cc1. The summed E-state index contributed by atoms with van der Waals surface area (Å²) in [7, 11) is 0. The van der Waals surface area contributed by atoms with Gasteiger partial charge in [-0.2, -0.15) is 0 Å². The summed E-state index contributed by atoms with van der Waals surface area (Å²) in [5.74, 6) is -0.117. The third-order valence-corrected chi connectivity index (χ3v) is 5.71. The monoisotopic (exact) mass is 386 g/mol. The van der Waals surface area contributed by atoms with Gasteiger partial charge in [-0.05, 0) is 19.8 Å². The van der Waals surface area contributed by atoms with Crippen LogP contribution in [0.15, 0.2) is 29.6 Å². The number of benzene rings is 1. The summed E-state index contributed by atoms with van der Waals surface area (Å²) in [6.45, 7) is 4.13. The molecule has 0 aliphatic carbocycles. The first-order chi connectivity index (χ1) is 13.1. The third kappa shape index (κ3) is 5.14. The van der Waals surface area contributed by atoms with Crippen molar-refractivity contribution in [2.45, 2.75) is 26.2 Å². The van der Waals surface area contributed by atoms with Crippen LogP contribution >= 0.6 is 11.3 Å². The molecule has 1 fully saturated rings. The van der Waals surface area contributed by atoms with Crippen molar-refractivity contribution in [3.8, 4) is 10.6 Å². The minimum Gasteiger partial charge on any atom is -0.355 e. The summed E-state index contributed by atoms with van der Waals surface area (Å²) in [5.41, 5.74) is 8.50. The van der Waals surface area contributed by atoms with Crippen LogP contribution in [-0.4, -0.2) is 47.9 Å². The number of aryl methyl sites for hydroxylation is 1. The van der Waals surface area contributed by atoms with Gasteiger partial charge in [0.2, 0.25) is 11.8 Å². The second-order valence-corrected chi connectivity index (χ2v) is 7.80. The molecule has 2 aromatic rings. The number of hydrogen-bond donors (Lipinski definition) is 2. The van der Waals surface area contributed by atoms with Crippen molar-refractivity contribution in [2.24, 2.45) is 11.7 Å². The molecule has 1 unspecified atom stereocenters. The number of carbonyl (C=O) groups is 2. The average molecular weight is 387 g/mol. The highest BCUT2D eigenvalue weighted by molar-refractivity contribution is 7.13. The van der Waals surface area contributed by atoms with Crippen LogP contribution in [0.1, 0.15) is 24.1 Å². The maximum absolute atomic E-state index is 12.7. The number of likely N-dealkylation sites (tertiary alicyclic amines) is 1. The predicted octanol–water partition coefficient (Wildman–Crippen LogP) is 1.97. The molecule has 7 heteroatoms. The molecular weight excluding hydrogens is 360 g/mol. The van der Waals surface area contributed by atoms with E-state index in [2.05, 4.69) is 41.5 Å². The minimum absolute atomic E-state index is 0.00624. The van der Waals surface area contributed by atoms with Crippen LogP contribution in [-0.2, 0) is 16.0 Å². The summed E-state index contributed by atoms with van der Waals surface area (Å²) in [5, 5.41) is 5.70. The fraction of sp³-hybridized carbons (Fsp3) is 0.450. The Bertz CT molecular complexity index is 788. The summed E-state index contributed by atoms with van der Waals surface area (Å²) >= 11 is 1.55. The van der Waals surface area contributed by atoms with Crippen molar-refractivity contribution in [3.63, 3.8) is 0 Å². The smallest absolute Gasteiger partial charge is 0.228 e. The highest BCUT2D eigenvalue weighted by Crippen LogP contribution is 2.25. The molecule has 0 radical (unpaired) electrons. The number of rotatable bonds is 6. The topological polar surface area (TPSA) is 88.3 Å². The van der Waals surface area contributed by atoms with Crippen LogP contribution in [0.5, 0.6) is 0 Å². The van der Waals surface area contributed by atoms with Gasteiger partial charge < -0.3 is 16.0 Å². The van der Waals surface area contributed by atoms with Gasteiger partial charge in [0.1, 0.15) is 5.01 Å². The van der Waals surface area contributed by atoms with Crippen molar-refractivity contribution in [2.75, 3.05) is 26.2 Å². The van der Waals surface area contributed by atoms with E-state index < -0.39 is 0 Å². The van der Waals surface area contributed by atoms with Gasteiger partial charge in [-0.25, -0.2) is 4.98 Å². The molecule has 2 amide bonds. The molecule has 0 bridgehead atoms. The molecule has 1 aromatic heterocycles. The van der Waals surface area contributed by atoms with Gasteiger partial charge in [-0.1, -0.05) is 29.8 Å². The molecule has 0 saturated carbocycles. The van der Waals surface area contributed by atoms with E-state index >= 15 is 0 Å². The number of amides is 2. The summed E-state index contributed by atoms with van der Waals surface area (Å²) in [6, 6.07) is 8.22. The number of thiazole rings is 1. The zero-order valence-electron chi connectivity index (χ0n) is 15.6. The van der Waals surface area contributed by atoms with Crippen molar-refractivity contribution in [1.82, 2.24) is 15.2 Å². The Morgan fingerprint density at radius 2 is 2.11 bits per heavy atom. The molecule has 27 heavy (non-hydrogen) atoms. The minimum atomic E-state index is -0.146. The van der Waals surface area contributed by atoms with E-state index in [0.717, 1.165) is 29.1 Å². The van der Waals surface area contributed by atoms with E-state index in [9.17, 15) is 9.59 Å². The number of nitrogens with two attached hydrogens (primary N) is 1. The molecule has 0 spiro atoms. The number of nitrogens with one attached hydrogen (secondary N) is 1. The molecule has 1 aliphatic rings. The quantitative estimate of drug-likeness (QED) is 0.794. The highest BCUT2D eigenvalue weighted by atomic mass is 32.1. The Kier molecular flexibility index (Phi) is 6.58. The van der Waals surface area contributed by atoms with Crippen LogP contribution < -0.4 is 11.1 Å². The van der Waals surface area contributed by atoms with Gasteiger partial charge in [0.05, 0.1) is 18.0 Å². The Morgan fingerprint density at radius 3 is 2.85 bits per heavy atom. The normalized spacial score (nSPS) is 17.0. The van der Waals surface area contributed by atoms with Gasteiger partial charge in [0.15, 0.2) is 0 Å². The van der Waals surface area contributed by atoms with E-state index in [1.54, 1.807) is 16.2 Å². The van der Waals surface area contributed by atoms with E-state index in [1.165, 1.54) is 5.56 Å². The van der Waals surface area contributed by atoms with Gasteiger partial charge in [0, 0.05) is 37.1 Å². The van der Waals surface area contributed by atoms with Crippen molar-refractivity contribution >= 4 is 23.2 Å². The molecule has 1 atom stereocenters. The van der Waals surface area contributed by atoms with Gasteiger partial charge in [-0.15, -0.1) is 11.3 Å². The second-order valence-electron chi connectivity index (χ2n) is 6.95. The first-order valence-electron chi connectivity index (χ1n) is 9.34. The van der Waals surface area contributed by atoms with Gasteiger partial charge in [0.25, 0.3) is 0 Å². The number of piperidine rings is 1. The lowest BCUT2D eigenvalue weighted by atomic mass is 9.96. The van der Waals surface area contributed by atoms with E-state index in [4.69, 9.17) is 5.73 Å². The largest absolute Gasteiger partial charge is 0.355 e. The molecule has 1 saturated heterocycles. The Morgan fingerprint density at radius 1 is 1.33 bits per heavy atom. The summed E-state index contributed by atoms with van der Waals surface area (Å²) in [6.07, 6.45) is 1.94. The highest BCUT2D eigenvalue weighted by Gasteiger charge is 2.28. The zero-order chi connectivity index (χ0) is 19.2. The van der Waals surface area contributed by atoms with Crippen molar-refractivity contribution in [1.29, 1.82) is 0 Å². The lowest BCUT2D eigenvalue weighted by molar-refractivity contribution is -0.135. The van der Waals surface area contributed by atoms with E-state index in [-0.39, 0.29) is 24.2 Å². The molecule has 6 nitrogen and oxygen atoms in total. The molecule has 3 rings (SSSR count). The lowest BCUT2D eigenvalue weighted by Gasteiger charge is -2.32. The standard InChI is InChI=1S/C20H26N4O2S/c1-14-4-6-15(7-5-14)20-23-17(13-27-20)11-18(25)24-10-2-3-16(12-24)19(26)22-9-8-21/h4-7,13,16H,2-3,8-12,21H2,1H3,(H,22,26). The molecule has 2 heterocycles. The maximum atomic E-state index is 12.7. The summed E-state index contributed by atoms with van der Waals surface area (Å²) in [4.78, 5) is 31.2. The predicted molar refractivity (Wildman–Crippen MR) is 107 cm³/mol. The molecule has 1 aromatic carbocycles. The van der Waals surface area contributed by atoms with Gasteiger partial charge in [-0.3, -0.25) is 9.59 Å². The van der Waals surface area contributed by atoms with Crippen LogP contribution in [0.25, 0.3) is 10.6 Å². The number of carbonyl (C=O) groups excluding carboxylic acids is 2.